The minimum Gasteiger partial charge on any atom is -0.292 e. The van der Waals surface area contributed by atoms with E-state index in [9.17, 15) is 4.79 Å². The van der Waals surface area contributed by atoms with Crippen LogP contribution in [0, 0.1) is 2.88 Å². The normalized spacial score (nSPS) is 12.4. The lowest BCUT2D eigenvalue weighted by Gasteiger charge is -2.06. The smallest absolute Gasteiger partial charge is 0.186 e. The molecule has 0 amide bonds. The summed E-state index contributed by atoms with van der Waals surface area (Å²) >= 11 is 9.90. The first-order valence-electron chi connectivity index (χ1n) is 4.66. The largest absolute Gasteiger partial charge is 0.292 e. The summed E-state index contributed by atoms with van der Waals surface area (Å²) in [5.41, 5.74) is 1.54. The van der Waals surface area contributed by atoms with E-state index < -0.39 is 5.38 Å². The molecule has 0 radical (unpaired) electrons. The van der Waals surface area contributed by atoms with Gasteiger partial charge in [-0.1, -0.05) is 30.3 Å². The molecule has 1 atom stereocenters. The zero-order valence-electron chi connectivity index (χ0n) is 8.19. The van der Waals surface area contributed by atoms with E-state index in [1.165, 1.54) is 0 Å². The van der Waals surface area contributed by atoms with Gasteiger partial charge in [-0.25, -0.2) is 0 Å². The highest BCUT2D eigenvalue weighted by molar-refractivity contribution is 14.1. The average molecular weight is 363 g/mol. The molecule has 1 aromatic carbocycles. The Morgan fingerprint density at radius 2 is 2.00 bits per heavy atom. The van der Waals surface area contributed by atoms with Crippen molar-refractivity contribution in [3.8, 4) is 0 Å². The van der Waals surface area contributed by atoms with Gasteiger partial charge < -0.3 is 0 Å². The van der Waals surface area contributed by atoms with E-state index in [0.29, 0.717) is 5.56 Å². The molecule has 0 saturated heterocycles. The van der Waals surface area contributed by atoms with E-state index >= 15 is 0 Å². The number of carbonyl (C=O) groups excluding carboxylic acids is 1. The highest BCUT2D eigenvalue weighted by Gasteiger charge is 2.19. The van der Waals surface area contributed by atoms with E-state index in [2.05, 4.69) is 22.6 Å². The quantitative estimate of drug-likeness (QED) is 0.446. The Hall–Kier alpha value is -0.390. The summed E-state index contributed by atoms with van der Waals surface area (Å²) in [6.07, 6.45) is 0. The summed E-state index contributed by atoms with van der Waals surface area (Å²) in [6, 6.07) is 11.3. The van der Waals surface area contributed by atoms with Crippen LogP contribution in [0.25, 0.3) is 0 Å². The highest BCUT2D eigenvalue weighted by Crippen LogP contribution is 2.27. The SMILES string of the molecule is O=C(c1csc(I)c1)C(Cl)c1ccccc1. The fourth-order valence-electron chi connectivity index (χ4n) is 1.36. The topological polar surface area (TPSA) is 17.1 Å². The molecule has 82 valence electrons. The molecule has 0 fully saturated rings. The lowest BCUT2D eigenvalue weighted by molar-refractivity contribution is 0.0987. The summed E-state index contributed by atoms with van der Waals surface area (Å²) in [5, 5.41) is 1.26. The standard InChI is InChI=1S/C12H8ClIOS/c13-11(8-4-2-1-3-5-8)12(15)9-6-10(14)16-7-9/h1-7,11H. The molecule has 2 aromatic rings. The number of ketones is 1. The molecule has 16 heavy (non-hydrogen) atoms. The van der Waals surface area contributed by atoms with Gasteiger partial charge in [-0.3, -0.25) is 4.79 Å². The molecule has 0 aliphatic carbocycles. The number of benzene rings is 1. The fourth-order valence-corrected chi connectivity index (χ4v) is 2.97. The molecule has 1 heterocycles. The second-order valence-corrected chi connectivity index (χ2v) is 6.52. The predicted molar refractivity (Wildman–Crippen MR) is 76.4 cm³/mol. The maximum absolute atomic E-state index is 12.0. The summed E-state index contributed by atoms with van der Waals surface area (Å²) in [7, 11) is 0. The van der Waals surface area contributed by atoms with E-state index in [0.717, 1.165) is 8.45 Å². The summed E-state index contributed by atoms with van der Waals surface area (Å²) < 4.78 is 1.10. The van der Waals surface area contributed by atoms with E-state index in [1.54, 1.807) is 11.3 Å². The van der Waals surface area contributed by atoms with Crippen molar-refractivity contribution < 1.29 is 4.79 Å². The molecule has 4 heteroatoms. The molecule has 0 N–H and O–H groups in total. The molecule has 2 rings (SSSR count). The molecule has 0 aliphatic heterocycles. The van der Waals surface area contributed by atoms with Crippen LogP contribution in [0.5, 0.6) is 0 Å². The van der Waals surface area contributed by atoms with Crippen LogP contribution in [0.3, 0.4) is 0 Å². The number of carbonyl (C=O) groups is 1. The Bertz CT molecular complexity index is 495. The first-order chi connectivity index (χ1) is 7.68. The maximum atomic E-state index is 12.0. The number of halogens is 2. The third kappa shape index (κ3) is 2.64. The summed E-state index contributed by atoms with van der Waals surface area (Å²) in [6.45, 7) is 0. The first-order valence-corrected chi connectivity index (χ1v) is 7.05. The Morgan fingerprint density at radius 3 is 2.56 bits per heavy atom. The second kappa shape index (κ2) is 5.29. The Kier molecular flexibility index (Phi) is 4.00. The number of hydrogen-bond acceptors (Lipinski definition) is 2. The lowest BCUT2D eigenvalue weighted by Crippen LogP contribution is -2.06. The van der Waals surface area contributed by atoms with Crippen molar-refractivity contribution in [3.63, 3.8) is 0 Å². The number of rotatable bonds is 3. The van der Waals surface area contributed by atoms with E-state index in [1.807, 2.05) is 41.8 Å². The van der Waals surface area contributed by atoms with Crippen molar-refractivity contribution in [2.45, 2.75) is 5.38 Å². The van der Waals surface area contributed by atoms with Crippen molar-refractivity contribution in [2.24, 2.45) is 0 Å². The van der Waals surface area contributed by atoms with Gasteiger partial charge in [0.25, 0.3) is 0 Å². The van der Waals surface area contributed by atoms with Crippen LogP contribution in [-0.4, -0.2) is 5.78 Å². The highest BCUT2D eigenvalue weighted by atomic mass is 127. The minimum atomic E-state index is -0.591. The molecular formula is C12H8ClIOS. The van der Waals surface area contributed by atoms with Crippen LogP contribution in [-0.2, 0) is 0 Å². The fraction of sp³-hybridized carbons (Fsp3) is 0.0833. The Morgan fingerprint density at radius 1 is 1.31 bits per heavy atom. The molecule has 1 unspecified atom stereocenters. The van der Waals surface area contributed by atoms with E-state index in [-0.39, 0.29) is 5.78 Å². The maximum Gasteiger partial charge on any atom is 0.186 e. The van der Waals surface area contributed by atoms with Gasteiger partial charge in [0.2, 0.25) is 0 Å². The third-order valence-electron chi connectivity index (χ3n) is 2.17. The van der Waals surface area contributed by atoms with Crippen molar-refractivity contribution in [3.05, 3.63) is 55.8 Å². The van der Waals surface area contributed by atoms with Gasteiger partial charge in [-0.05, 0) is 34.2 Å². The van der Waals surface area contributed by atoms with Gasteiger partial charge >= 0.3 is 0 Å². The average Bonchev–Trinajstić information content (AvgIpc) is 2.75. The van der Waals surface area contributed by atoms with Crippen LogP contribution < -0.4 is 0 Å². The summed E-state index contributed by atoms with van der Waals surface area (Å²) in [4.78, 5) is 12.0. The molecular weight excluding hydrogens is 355 g/mol. The number of thiophene rings is 1. The third-order valence-corrected chi connectivity index (χ3v) is 4.41. The molecule has 0 aliphatic rings. The van der Waals surface area contributed by atoms with Gasteiger partial charge in [-0.2, -0.15) is 0 Å². The number of alkyl halides is 1. The van der Waals surface area contributed by atoms with Crippen LogP contribution in [0.15, 0.2) is 41.8 Å². The van der Waals surface area contributed by atoms with Crippen LogP contribution in [0.1, 0.15) is 21.3 Å². The molecule has 1 nitrogen and oxygen atoms in total. The number of Topliss-reactive ketones (excluding diaryl/α,β-unsaturated/α-hetero) is 1. The Labute approximate surface area is 117 Å². The lowest BCUT2D eigenvalue weighted by atomic mass is 10.1. The zero-order chi connectivity index (χ0) is 11.5. The van der Waals surface area contributed by atoms with Crippen molar-refractivity contribution in [1.29, 1.82) is 0 Å². The zero-order valence-corrected chi connectivity index (χ0v) is 11.9. The van der Waals surface area contributed by atoms with Gasteiger partial charge in [0.15, 0.2) is 5.78 Å². The van der Waals surface area contributed by atoms with Gasteiger partial charge in [0.1, 0.15) is 5.38 Å². The molecule has 1 aromatic heterocycles. The van der Waals surface area contributed by atoms with Crippen LogP contribution in [0.4, 0.5) is 0 Å². The molecule has 0 bridgehead atoms. The number of hydrogen-bond donors (Lipinski definition) is 0. The van der Waals surface area contributed by atoms with E-state index in [4.69, 9.17) is 11.6 Å². The van der Waals surface area contributed by atoms with Crippen molar-refractivity contribution in [2.75, 3.05) is 0 Å². The van der Waals surface area contributed by atoms with Gasteiger partial charge in [-0.15, -0.1) is 22.9 Å². The monoisotopic (exact) mass is 362 g/mol. The van der Waals surface area contributed by atoms with Gasteiger partial charge in [0.05, 0.1) is 2.88 Å². The Balaban J connectivity index is 2.23. The van der Waals surface area contributed by atoms with Gasteiger partial charge in [0, 0.05) is 10.9 Å². The second-order valence-electron chi connectivity index (χ2n) is 3.28. The first kappa shape index (κ1) is 12.1. The minimum absolute atomic E-state index is 0.0352. The van der Waals surface area contributed by atoms with Crippen molar-refractivity contribution >= 4 is 51.3 Å². The predicted octanol–water partition coefficient (Wildman–Crippen LogP) is 4.52. The van der Waals surface area contributed by atoms with Crippen LogP contribution >= 0.6 is 45.5 Å². The molecule has 0 saturated carbocycles. The molecule has 0 spiro atoms. The summed E-state index contributed by atoms with van der Waals surface area (Å²) in [5.74, 6) is -0.0352. The van der Waals surface area contributed by atoms with Crippen LogP contribution in [0.2, 0.25) is 0 Å². The van der Waals surface area contributed by atoms with Crippen molar-refractivity contribution in [1.82, 2.24) is 0 Å².